The van der Waals surface area contributed by atoms with E-state index in [-0.39, 0.29) is 18.1 Å². The summed E-state index contributed by atoms with van der Waals surface area (Å²) >= 11 is 0. The van der Waals surface area contributed by atoms with Gasteiger partial charge >= 0.3 is 5.97 Å². The van der Waals surface area contributed by atoms with E-state index < -0.39 is 5.97 Å². The summed E-state index contributed by atoms with van der Waals surface area (Å²) in [7, 11) is 1.29. The van der Waals surface area contributed by atoms with E-state index in [0.29, 0.717) is 17.1 Å². The van der Waals surface area contributed by atoms with Crippen LogP contribution in [0.4, 0.5) is 0 Å². The molecular weight excluding hydrogens is 308 g/mol. The van der Waals surface area contributed by atoms with Crippen LogP contribution in [0.3, 0.4) is 0 Å². The van der Waals surface area contributed by atoms with Crippen LogP contribution in [0.5, 0.6) is 11.5 Å². The molecule has 1 heterocycles. The van der Waals surface area contributed by atoms with Crippen molar-refractivity contribution >= 4 is 17.8 Å². The zero-order valence-electron chi connectivity index (χ0n) is 13.4. The Bertz CT molecular complexity index is 835. The quantitative estimate of drug-likeness (QED) is 0.638. The van der Waals surface area contributed by atoms with Crippen LogP contribution < -0.4 is 9.47 Å². The molecule has 0 bridgehead atoms. The molecule has 0 atom stereocenters. The summed E-state index contributed by atoms with van der Waals surface area (Å²) in [5.41, 5.74) is 2.45. The average molecular weight is 324 g/mol. The molecule has 0 saturated carbocycles. The third-order valence-electron chi connectivity index (χ3n) is 3.70. The minimum absolute atomic E-state index is 0.173. The number of rotatable bonds is 4. The van der Waals surface area contributed by atoms with Crippen LogP contribution in [-0.4, -0.2) is 25.5 Å². The number of hydrogen-bond acceptors (Lipinski definition) is 5. The number of allylic oxidation sites excluding steroid dienone is 1. The maximum atomic E-state index is 12.4. The van der Waals surface area contributed by atoms with Gasteiger partial charge < -0.3 is 14.2 Å². The lowest BCUT2D eigenvalue weighted by molar-refractivity contribution is -0.142. The Hall–Kier alpha value is -3.08. The molecule has 0 aromatic heterocycles. The van der Waals surface area contributed by atoms with E-state index in [0.717, 1.165) is 11.1 Å². The second-order valence-electron chi connectivity index (χ2n) is 5.32. The first kappa shape index (κ1) is 15.8. The topological polar surface area (TPSA) is 61.8 Å². The van der Waals surface area contributed by atoms with E-state index in [1.807, 2.05) is 31.2 Å². The smallest absolute Gasteiger partial charge is 0.343 e. The van der Waals surface area contributed by atoms with Crippen molar-refractivity contribution in [2.24, 2.45) is 0 Å². The van der Waals surface area contributed by atoms with Gasteiger partial charge in [0.05, 0.1) is 12.7 Å². The number of Topliss-reactive ketones (excluding diaryl/α,β-unsaturated/α-hetero) is 1. The SMILES string of the molecule is COC(=O)COc1ccc2c(c1)O/C(=C\c1ccccc1C)C2=O. The number of aryl methyl sites for hydroxylation is 1. The molecule has 1 aliphatic heterocycles. The number of carbonyl (C=O) groups is 2. The lowest BCUT2D eigenvalue weighted by Crippen LogP contribution is -2.12. The summed E-state index contributed by atoms with van der Waals surface area (Å²) in [4.78, 5) is 23.5. The average Bonchev–Trinajstić information content (AvgIpc) is 2.90. The van der Waals surface area contributed by atoms with Gasteiger partial charge in [0.2, 0.25) is 5.78 Å². The molecule has 0 N–H and O–H groups in total. The summed E-state index contributed by atoms with van der Waals surface area (Å²) < 4.78 is 15.5. The van der Waals surface area contributed by atoms with Crippen molar-refractivity contribution in [1.29, 1.82) is 0 Å². The molecule has 0 saturated heterocycles. The Labute approximate surface area is 139 Å². The fraction of sp³-hybridized carbons (Fsp3) is 0.158. The summed E-state index contributed by atoms with van der Waals surface area (Å²) in [6.07, 6.45) is 1.73. The highest BCUT2D eigenvalue weighted by atomic mass is 16.6. The maximum absolute atomic E-state index is 12.4. The number of fused-ring (bicyclic) bond motifs is 1. The van der Waals surface area contributed by atoms with Crippen molar-refractivity contribution in [3.8, 4) is 11.5 Å². The second kappa shape index (κ2) is 6.58. The van der Waals surface area contributed by atoms with E-state index >= 15 is 0 Å². The number of ketones is 1. The van der Waals surface area contributed by atoms with Crippen LogP contribution in [0.25, 0.3) is 6.08 Å². The molecule has 0 fully saturated rings. The molecule has 0 spiro atoms. The normalized spacial score (nSPS) is 14.2. The Morgan fingerprint density at radius 3 is 2.75 bits per heavy atom. The Morgan fingerprint density at radius 1 is 1.21 bits per heavy atom. The molecule has 0 unspecified atom stereocenters. The predicted octanol–water partition coefficient (Wildman–Crippen LogP) is 3.16. The lowest BCUT2D eigenvalue weighted by atomic mass is 10.1. The van der Waals surface area contributed by atoms with Crippen molar-refractivity contribution in [3.63, 3.8) is 0 Å². The zero-order valence-corrected chi connectivity index (χ0v) is 13.4. The molecule has 3 rings (SSSR count). The molecule has 2 aromatic rings. The molecule has 0 amide bonds. The van der Waals surface area contributed by atoms with Gasteiger partial charge in [-0.05, 0) is 36.3 Å². The molecule has 1 aliphatic rings. The minimum Gasteiger partial charge on any atom is -0.482 e. The first-order valence-electron chi connectivity index (χ1n) is 7.42. The first-order valence-corrected chi connectivity index (χ1v) is 7.42. The number of esters is 1. The number of ether oxygens (including phenoxy) is 3. The van der Waals surface area contributed by atoms with E-state index in [2.05, 4.69) is 4.74 Å². The Kier molecular flexibility index (Phi) is 4.33. The van der Waals surface area contributed by atoms with Gasteiger partial charge in [-0.2, -0.15) is 0 Å². The molecule has 24 heavy (non-hydrogen) atoms. The van der Waals surface area contributed by atoms with Gasteiger partial charge in [-0.3, -0.25) is 4.79 Å². The van der Waals surface area contributed by atoms with Crippen molar-refractivity contribution in [2.75, 3.05) is 13.7 Å². The highest BCUT2D eigenvalue weighted by molar-refractivity contribution is 6.14. The van der Waals surface area contributed by atoms with Crippen LogP contribution in [0.2, 0.25) is 0 Å². The van der Waals surface area contributed by atoms with Crippen molar-refractivity contribution in [1.82, 2.24) is 0 Å². The van der Waals surface area contributed by atoms with Gasteiger partial charge in [-0.25, -0.2) is 4.79 Å². The van der Waals surface area contributed by atoms with Crippen molar-refractivity contribution < 1.29 is 23.8 Å². The highest BCUT2D eigenvalue weighted by Crippen LogP contribution is 2.35. The van der Waals surface area contributed by atoms with E-state index in [9.17, 15) is 9.59 Å². The Balaban J connectivity index is 1.82. The van der Waals surface area contributed by atoms with Crippen LogP contribution in [0, 0.1) is 6.92 Å². The highest BCUT2D eigenvalue weighted by Gasteiger charge is 2.27. The van der Waals surface area contributed by atoms with E-state index in [1.54, 1.807) is 24.3 Å². The van der Waals surface area contributed by atoms with Crippen LogP contribution in [0.1, 0.15) is 21.5 Å². The van der Waals surface area contributed by atoms with Gasteiger partial charge in [-0.1, -0.05) is 24.3 Å². The molecule has 122 valence electrons. The van der Waals surface area contributed by atoms with Gasteiger partial charge in [-0.15, -0.1) is 0 Å². The largest absolute Gasteiger partial charge is 0.482 e. The minimum atomic E-state index is -0.479. The van der Waals surface area contributed by atoms with Gasteiger partial charge in [0.25, 0.3) is 0 Å². The van der Waals surface area contributed by atoms with Crippen molar-refractivity contribution in [3.05, 3.63) is 64.9 Å². The fourth-order valence-corrected chi connectivity index (χ4v) is 2.35. The summed E-state index contributed by atoms with van der Waals surface area (Å²) in [5.74, 6) is 0.469. The molecule has 5 heteroatoms. The summed E-state index contributed by atoms with van der Waals surface area (Å²) in [6, 6.07) is 12.6. The second-order valence-corrected chi connectivity index (χ2v) is 5.32. The van der Waals surface area contributed by atoms with Crippen LogP contribution in [-0.2, 0) is 9.53 Å². The van der Waals surface area contributed by atoms with Crippen LogP contribution >= 0.6 is 0 Å². The van der Waals surface area contributed by atoms with Gasteiger partial charge in [0.1, 0.15) is 11.5 Å². The van der Waals surface area contributed by atoms with Crippen LogP contribution in [0.15, 0.2) is 48.2 Å². The zero-order chi connectivity index (χ0) is 17.1. The lowest BCUT2D eigenvalue weighted by Gasteiger charge is -2.05. The third kappa shape index (κ3) is 3.15. The number of methoxy groups -OCH3 is 1. The molecular formula is C19H16O5. The fourth-order valence-electron chi connectivity index (χ4n) is 2.35. The van der Waals surface area contributed by atoms with Crippen molar-refractivity contribution in [2.45, 2.75) is 6.92 Å². The summed E-state index contributed by atoms with van der Waals surface area (Å²) in [6.45, 7) is 1.77. The van der Waals surface area contributed by atoms with E-state index in [1.165, 1.54) is 7.11 Å². The van der Waals surface area contributed by atoms with E-state index in [4.69, 9.17) is 9.47 Å². The Morgan fingerprint density at radius 2 is 2.00 bits per heavy atom. The maximum Gasteiger partial charge on any atom is 0.343 e. The standard InChI is InChI=1S/C19H16O5/c1-12-5-3-4-6-13(12)9-17-19(21)15-8-7-14(10-16(15)24-17)23-11-18(20)22-2/h3-10H,11H2,1-2H3/b17-9-. The molecule has 5 nitrogen and oxygen atoms in total. The number of hydrogen-bond donors (Lipinski definition) is 0. The number of carbonyl (C=O) groups excluding carboxylic acids is 2. The van der Waals surface area contributed by atoms with Gasteiger partial charge in [0.15, 0.2) is 12.4 Å². The molecule has 0 aliphatic carbocycles. The predicted molar refractivity (Wildman–Crippen MR) is 88.1 cm³/mol. The molecule has 2 aromatic carbocycles. The number of benzene rings is 2. The monoisotopic (exact) mass is 324 g/mol. The summed E-state index contributed by atoms with van der Waals surface area (Å²) in [5, 5.41) is 0. The van der Waals surface area contributed by atoms with Gasteiger partial charge in [0, 0.05) is 6.07 Å². The molecule has 0 radical (unpaired) electrons. The first-order chi connectivity index (χ1) is 11.6. The third-order valence-corrected chi connectivity index (χ3v) is 3.70.